The molecule has 4 rings (SSSR count). The highest BCUT2D eigenvalue weighted by atomic mass is 19.4. The number of aromatic amines is 1. The Balaban J connectivity index is 1.48. The molecule has 152 valence electrons. The predicted octanol–water partition coefficient (Wildman–Crippen LogP) is 3.83. The molecule has 0 aliphatic carbocycles. The molecule has 5 nitrogen and oxygen atoms in total. The minimum absolute atomic E-state index is 0.101. The summed E-state index contributed by atoms with van der Waals surface area (Å²) in [6, 6.07) is 12.5. The number of piperazine rings is 1. The second-order valence-electron chi connectivity index (χ2n) is 7.22. The van der Waals surface area contributed by atoms with Crippen molar-refractivity contribution >= 4 is 16.6 Å². The molecule has 1 saturated heterocycles. The zero-order chi connectivity index (χ0) is 20.6. The van der Waals surface area contributed by atoms with Crippen LogP contribution in [0.4, 0.5) is 18.9 Å². The van der Waals surface area contributed by atoms with Gasteiger partial charge in [0.2, 0.25) is 0 Å². The van der Waals surface area contributed by atoms with E-state index in [0.29, 0.717) is 48.6 Å². The predicted molar refractivity (Wildman–Crippen MR) is 106 cm³/mol. The van der Waals surface area contributed by atoms with E-state index in [2.05, 4.69) is 14.9 Å². The van der Waals surface area contributed by atoms with Crippen molar-refractivity contribution in [3.8, 4) is 0 Å². The number of nitrogens with zero attached hydrogens (tertiary/aromatic N) is 3. The Labute approximate surface area is 165 Å². The Morgan fingerprint density at radius 1 is 1.03 bits per heavy atom. The van der Waals surface area contributed by atoms with E-state index in [4.69, 9.17) is 0 Å². The average Bonchev–Trinajstić information content (AvgIpc) is 2.73. The van der Waals surface area contributed by atoms with Crippen LogP contribution in [-0.2, 0) is 6.18 Å². The van der Waals surface area contributed by atoms with Gasteiger partial charge in [-0.2, -0.15) is 13.2 Å². The van der Waals surface area contributed by atoms with E-state index >= 15 is 0 Å². The van der Waals surface area contributed by atoms with Gasteiger partial charge in [-0.15, -0.1) is 0 Å². The number of halogens is 3. The molecule has 0 saturated carbocycles. The molecule has 0 unspecified atom stereocenters. The second kappa shape index (κ2) is 7.51. The molecule has 2 aromatic carbocycles. The van der Waals surface area contributed by atoms with Gasteiger partial charge >= 0.3 is 6.18 Å². The standard InChI is InChI=1S/C21H21F3N4O/c1-14(19-25-18-8-3-2-7-17(18)20(29)26-19)27-9-11-28(12-10-27)16-6-4-5-15(13-16)21(22,23)24/h2-8,13-14H,9-12H2,1H3,(H,25,26,29)/t14-/m1/s1. The van der Waals surface area contributed by atoms with Crippen molar-refractivity contribution in [3.05, 3.63) is 70.3 Å². The summed E-state index contributed by atoms with van der Waals surface area (Å²) in [6.07, 6.45) is -4.35. The number of benzene rings is 2. The first-order valence-electron chi connectivity index (χ1n) is 9.48. The number of hydrogen-bond acceptors (Lipinski definition) is 4. The Morgan fingerprint density at radius 2 is 1.76 bits per heavy atom. The fourth-order valence-electron chi connectivity index (χ4n) is 3.72. The van der Waals surface area contributed by atoms with Crippen LogP contribution in [-0.4, -0.2) is 41.0 Å². The van der Waals surface area contributed by atoms with Gasteiger partial charge in [0.05, 0.1) is 22.5 Å². The van der Waals surface area contributed by atoms with Crippen molar-refractivity contribution in [2.45, 2.75) is 19.1 Å². The molecule has 2 heterocycles. The van der Waals surface area contributed by atoms with E-state index in [9.17, 15) is 18.0 Å². The van der Waals surface area contributed by atoms with Gasteiger partial charge in [-0.1, -0.05) is 18.2 Å². The average molecular weight is 402 g/mol. The lowest BCUT2D eigenvalue weighted by Crippen LogP contribution is -2.47. The number of para-hydroxylation sites is 1. The van der Waals surface area contributed by atoms with E-state index in [0.717, 1.165) is 6.07 Å². The fraction of sp³-hybridized carbons (Fsp3) is 0.333. The van der Waals surface area contributed by atoms with Gasteiger partial charge in [0.1, 0.15) is 5.82 Å². The van der Waals surface area contributed by atoms with Gasteiger partial charge in [0, 0.05) is 31.9 Å². The molecule has 29 heavy (non-hydrogen) atoms. The van der Waals surface area contributed by atoms with Crippen molar-refractivity contribution in [3.63, 3.8) is 0 Å². The summed E-state index contributed by atoms with van der Waals surface area (Å²) in [5, 5.41) is 0.554. The van der Waals surface area contributed by atoms with Crippen LogP contribution < -0.4 is 10.5 Å². The zero-order valence-corrected chi connectivity index (χ0v) is 15.9. The van der Waals surface area contributed by atoms with E-state index < -0.39 is 11.7 Å². The molecule has 1 aliphatic rings. The Bertz CT molecular complexity index is 1070. The Hall–Kier alpha value is -2.87. The van der Waals surface area contributed by atoms with Gasteiger partial charge < -0.3 is 9.88 Å². The lowest BCUT2D eigenvalue weighted by Gasteiger charge is -2.38. The van der Waals surface area contributed by atoms with Crippen molar-refractivity contribution in [2.24, 2.45) is 0 Å². The first-order valence-corrected chi connectivity index (χ1v) is 9.48. The van der Waals surface area contributed by atoms with Crippen molar-refractivity contribution in [1.29, 1.82) is 0 Å². The molecule has 1 atom stereocenters. The number of fused-ring (bicyclic) bond motifs is 1. The third-order valence-electron chi connectivity index (χ3n) is 5.43. The monoisotopic (exact) mass is 402 g/mol. The highest BCUT2D eigenvalue weighted by Crippen LogP contribution is 2.32. The summed E-state index contributed by atoms with van der Waals surface area (Å²) >= 11 is 0. The maximum Gasteiger partial charge on any atom is 0.416 e. The number of hydrogen-bond donors (Lipinski definition) is 1. The van der Waals surface area contributed by atoms with Gasteiger partial charge in [-0.25, -0.2) is 4.98 Å². The molecular formula is C21H21F3N4O. The maximum absolute atomic E-state index is 13.0. The van der Waals surface area contributed by atoms with E-state index in [1.807, 2.05) is 24.0 Å². The highest BCUT2D eigenvalue weighted by Gasteiger charge is 2.31. The fourth-order valence-corrected chi connectivity index (χ4v) is 3.72. The number of H-pyrrole nitrogens is 1. The summed E-state index contributed by atoms with van der Waals surface area (Å²) in [6.45, 7) is 4.50. The number of aromatic nitrogens is 2. The normalized spacial score (nSPS) is 16.9. The first-order chi connectivity index (χ1) is 13.8. The van der Waals surface area contributed by atoms with Crippen LogP contribution in [0.1, 0.15) is 24.4 Å². The van der Waals surface area contributed by atoms with Gasteiger partial charge in [-0.05, 0) is 37.3 Å². The third-order valence-corrected chi connectivity index (χ3v) is 5.43. The van der Waals surface area contributed by atoms with Crippen LogP contribution >= 0.6 is 0 Å². The van der Waals surface area contributed by atoms with Crippen LogP contribution in [0.2, 0.25) is 0 Å². The van der Waals surface area contributed by atoms with Gasteiger partial charge in [0.15, 0.2) is 0 Å². The number of nitrogens with one attached hydrogen (secondary N) is 1. The highest BCUT2D eigenvalue weighted by molar-refractivity contribution is 5.77. The quantitative estimate of drug-likeness (QED) is 0.724. The zero-order valence-electron chi connectivity index (χ0n) is 15.9. The molecule has 0 amide bonds. The van der Waals surface area contributed by atoms with E-state index in [1.54, 1.807) is 18.2 Å². The molecular weight excluding hydrogens is 381 g/mol. The van der Waals surface area contributed by atoms with Crippen molar-refractivity contribution in [2.75, 3.05) is 31.1 Å². The first kappa shape index (κ1) is 19.4. The lowest BCUT2D eigenvalue weighted by atomic mass is 10.1. The Kier molecular flexibility index (Phi) is 5.04. The van der Waals surface area contributed by atoms with Crippen molar-refractivity contribution in [1.82, 2.24) is 14.9 Å². The summed E-state index contributed by atoms with van der Waals surface area (Å²) in [5.74, 6) is 0.598. The lowest BCUT2D eigenvalue weighted by molar-refractivity contribution is -0.137. The van der Waals surface area contributed by atoms with Crippen LogP contribution in [0.3, 0.4) is 0 Å². The second-order valence-corrected chi connectivity index (χ2v) is 7.22. The van der Waals surface area contributed by atoms with Crippen LogP contribution in [0, 0.1) is 0 Å². The summed E-state index contributed by atoms with van der Waals surface area (Å²) in [7, 11) is 0. The summed E-state index contributed by atoms with van der Waals surface area (Å²) < 4.78 is 38.9. The Morgan fingerprint density at radius 3 is 2.48 bits per heavy atom. The van der Waals surface area contributed by atoms with Gasteiger partial charge in [0.25, 0.3) is 5.56 Å². The summed E-state index contributed by atoms with van der Waals surface area (Å²) in [4.78, 5) is 23.9. The third kappa shape index (κ3) is 3.98. The van der Waals surface area contributed by atoms with Crippen molar-refractivity contribution < 1.29 is 13.2 Å². The molecule has 1 N–H and O–H groups in total. The number of rotatable bonds is 3. The van der Waals surface area contributed by atoms with Crippen LogP contribution in [0.15, 0.2) is 53.3 Å². The van der Waals surface area contributed by atoms with Crippen LogP contribution in [0.25, 0.3) is 10.9 Å². The molecule has 1 aromatic heterocycles. The molecule has 3 aromatic rings. The molecule has 0 spiro atoms. The number of anilines is 1. The maximum atomic E-state index is 13.0. The minimum atomic E-state index is -4.35. The molecule has 8 heteroatoms. The van der Waals surface area contributed by atoms with E-state index in [1.165, 1.54) is 12.1 Å². The number of alkyl halides is 3. The molecule has 1 fully saturated rings. The largest absolute Gasteiger partial charge is 0.416 e. The topological polar surface area (TPSA) is 52.2 Å². The van der Waals surface area contributed by atoms with Gasteiger partial charge in [-0.3, -0.25) is 9.69 Å². The van der Waals surface area contributed by atoms with E-state index in [-0.39, 0.29) is 11.6 Å². The molecule has 0 bridgehead atoms. The summed E-state index contributed by atoms with van der Waals surface area (Å²) in [5.41, 5.74) is 0.425. The minimum Gasteiger partial charge on any atom is -0.369 e. The molecule has 1 aliphatic heterocycles. The SMILES string of the molecule is C[C@H](c1nc2ccccc2c(=O)[nH]1)N1CCN(c2cccc(C(F)(F)F)c2)CC1. The van der Waals surface area contributed by atoms with Crippen LogP contribution in [0.5, 0.6) is 0 Å². The molecule has 0 radical (unpaired) electrons. The smallest absolute Gasteiger partial charge is 0.369 e.